The Hall–Kier alpha value is -2.53. The monoisotopic (exact) mass is 361 g/mol. The van der Waals surface area contributed by atoms with E-state index in [4.69, 9.17) is 21.1 Å². The van der Waals surface area contributed by atoms with Crippen molar-refractivity contribution in [2.45, 2.75) is 20.8 Å². The van der Waals surface area contributed by atoms with Crippen LogP contribution in [0.15, 0.2) is 36.4 Å². The number of hydrogen-bond acceptors (Lipinski definition) is 4. The molecule has 0 spiro atoms. The van der Waals surface area contributed by atoms with Crippen molar-refractivity contribution < 1.29 is 19.1 Å². The van der Waals surface area contributed by atoms with E-state index in [0.717, 1.165) is 11.1 Å². The summed E-state index contributed by atoms with van der Waals surface area (Å²) in [5.41, 5.74) is 2.78. The molecule has 1 N–H and O–H groups in total. The molecular weight excluding hydrogens is 342 g/mol. The van der Waals surface area contributed by atoms with Crippen molar-refractivity contribution in [3.8, 4) is 5.75 Å². The van der Waals surface area contributed by atoms with E-state index in [1.54, 1.807) is 13.0 Å². The highest BCUT2D eigenvalue weighted by Crippen LogP contribution is 2.22. The van der Waals surface area contributed by atoms with E-state index in [9.17, 15) is 9.59 Å². The lowest BCUT2D eigenvalue weighted by molar-refractivity contribution is -0.118. The summed E-state index contributed by atoms with van der Waals surface area (Å²) in [4.78, 5) is 23.9. The Morgan fingerprint density at radius 1 is 1.08 bits per heavy atom. The number of rotatable bonds is 6. The molecule has 25 heavy (non-hydrogen) atoms. The van der Waals surface area contributed by atoms with E-state index in [0.29, 0.717) is 11.4 Å². The summed E-state index contributed by atoms with van der Waals surface area (Å²) in [6.07, 6.45) is 0. The summed E-state index contributed by atoms with van der Waals surface area (Å²) in [5, 5.41) is 2.94. The van der Waals surface area contributed by atoms with Crippen LogP contribution in [0.1, 0.15) is 28.4 Å². The zero-order valence-corrected chi connectivity index (χ0v) is 15.1. The number of halogens is 1. The molecule has 0 saturated heterocycles. The van der Waals surface area contributed by atoms with Crippen molar-refractivity contribution in [1.29, 1.82) is 0 Å². The molecule has 0 fully saturated rings. The average molecular weight is 362 g/mol. The molecule has 0 heterocycles. The minimum Gasteiger partial charge on any atom is -0.484 e. The fourth-order valence-electron chi connectivity index (χ4n) is 2.33. The number of carbonyl (C=O) groups is 2. The highest BCUT2D eigenvalue weighted by atomic mass is 35.5. The van der Waals surface area contributed by atoms with Gasteiger partial charge in [0.2, 0.25) is 0 Å². The van der Waals surface area contributed by atoms with Gasteiger partial charge in [-0.25, -0.2) is 4.79 Å². The maximum Gasteiger partial charge on any atom is 0.339 e. The lowest BCUT2D eigenvalue weighted by atomic mass is 10.1. The summed E-state index contributed by atoms with van der Waals surface area (Å²) in [6, 6.07) is 10.4. The van der Waals surface area contributed by atoms with Crippen LogP contribution >= 0.6 is 11.6 Å². The van der Waals surface area contributed by atoms with Crippen LogP contribution in [0.4, 0.5) is 5.69 Å². The Balaban J connectivity index is 2.00. The second-order valence-electron chi connectivity index (χ2n) is 5.58. The molecule has 0 aliphatic heterocycles. The van der Waals surface area contributed by atoms with Crippen molar-refractivity contribution in [3.05, 3.63) is 58.1 Å². The summed E-state index contributed by atoms with van der Waals surface area (Å²) in [5.74, 6) is -0.234. The minimum absolute atomic E-state index is 0.139. The van der Waals surface area contributed by atoms with Gasteiger partial charge in [0.05, 0.1) is 17.2 Å². The summed E-state index contributed by atoms with van der Waals surface area (Å²) >= 11 is 6.00. The van der Waals surface area contributed by atoms with E-state index in [-0.39, 0.29) is 29.7 Å². The summed E-state index contributed by atoms with van der Waals surface area (Å²) in [6.45, 7) is 5.74. The van der Waals surface area contributed by atoms with Crippen LogP contribution in [0.5, 0.6) is 5.75 Å². The SMILES string of the molecule is CCOC(=O)c1cc(NC(=O)COc2cc(C)cc(C)c2)ccc1Cl. The highest BCUT2D eigenvalue weighted by Gasteiger charge is 2.13. The van der Waals surface area contributed by atoms with Gasteiger partial charge in [-0.05, 0) is 62.2 Å². The Labute approximate surface area is 151 Å². The summed E-state index contributed by atoms with van der Waals surface area (Å²) in [7, 11) is 0. The molecule has 0 atom stereocenters. The van der Waals surface area contributed by atoms with E-state index in [1.165, 1.54) is 12.1 Å². The molecule has 0 radical (unpaired) electrons. The van der Waals surface area contributed by atoms with Crippen molar-refractivity contribution in [1.82, 2.24) is 0 Å². The molecule has 0 unspecified atom stereocenters. The number of aryl methyl sites for hydroxylation is 2. The maximum atomic E-state index is 12.1. The van der Waals surface area contributed by atoms with Crippen molar-refractivity contribution >= 4 is 29.2 Å². The number of nitrogens with one attached hydrogen (secondary N) is 1. The van der Waals surface area contributed by atoms with Crippen molar-refractivity contribution in [2.24, 2.45) is 0 Å². The van der Waals surface area contributed by atoms with Gasteiger partial charge in [0, 0.05) is 5.69 Å². The molecule has 0 aliphatic rings. The Morgan fingerprint density at radius 2 is 1.76 bits per heavy atom. The number of hydrogen-bond donors (Lipinski definition) is 1. The minimum atomic E-state index is -0.532. The van der Waals surface area contributed by atoms with Gasteiger partial charge in [-0.15, -0.1) is 0 Å². The topological polar surface area (TPSA) is 64.6 Å². The zero-order valence-electron chi connectivity index (χ0n) is 14.4. The van der Waals surface area contributed by atoms with Crippen LogP contribution in [0.3, 0.4) is 0 Å². The lowest BCUT2D eigenvalue weighted by Crippen LogP contribution is -2.20. The fourth-order valence-corrected chi connectivity index (χ4v) is 2.53. The normalized spacial score (nSPS) is 10.2. The lowest BCUT2D eigenvalue weighted by Gasteiger charge is -2.10. The van der Waals surface area contributed by atoms with E-state index in [1.807, 2.05) is 32.0 Å². The molecular formula is C19H20ClNO4. The third-order valence-corrected chi connectivity index (χ3v) is 3.64. The number of esters is 1. The smallest absolute Gasteiger partial charge is 0.339 e. The largest absolute Gasteiger partial charge is 0.484 e. The molecule has 132 valence electrons. The van der Waals surface area contributed by atoms with Gasteiger partial charge < -0.3 is 14.8 Å². The predicted molar refractivity (Wildman–Crippen MR) is 97.4 cm³/mol. The summed E-state index contributed by atoms with van der Waals surface area (Å²) < 4.78 is 10.4. The number of anilines is 1. The number of ether oxygens (including phenoxy) is 2. The zero-order chi connectivity index (χ0) is 18.4. The Bertz CT molecular complexity index is 769. The van der Waals surface area contributed by atoms with Gasteiger partial charge in [0.25, 0.3) is 5.91 Å². The highest BCUT2D eigenvalue weighted by molar-refractivity contribution is 6.33. The van der Waals surface area contributed by atoms with Gasteiger partial charge in [0.1, 0.15) is 5.75 Å². The number of carbonyl (C=O) groups excluding carboxylic acids is 2. The van der Waals surface area contributed by atoms with Gasteiger partial charge in [-0.3, -0.25) is 4.79 Å². The van der Waals surface area contributed by atoms with Gasteiger partial charge >= 0.3 is 5.97 Å². The third kappa shape index (κ3) is 5.50. The van der Waals surface area contributed by atoms with Gasteiger partial charge in [0.15, 0.2) is 6.61 Å². The maximum absolute atomic E-state index is 12.1. The van der Waals surface area contributed by atoms with E-state index in [2.05, 4.69) is 5.32 Å². The molecule has 6 heteroatoms. The molecule has 2 rings (SSSR count). The molecule has 5 nitrogen and oxygen atoms in total. The molecule has 1 amide bonds. The van der Waals surface area contributed by atoms with Crippen LogP contribution in [-0.2, 0) is 9.53 Å². The van der Waals surface area contributed by atoms with Crippen LogP contribution < -0.4 is 10.1 Å². The quantitative estimate of drug-likeness (QED) is 0.785. The van der Waals surface area contributed by atoms with Crippen LogP contribution in [0.2, 0.25) is 5.02 Å². The molecule has 0 aliphatic carbocycles. The molecule has 0 aromatic heterocycles. The standard InChI is InChI=1S/C19H20ClNO4/c1-4-24-19(23)16-10-14(5-6-17(16)20)21-18(22)11-25-15-8-12(2)7-13(3)9-15/h5-10H,4,11H2,1-3H3,(H,21,22). The first kappa shape index (κ1) is 18.8. The van der Waals surface area contributed by atoms with Gasteiger partial charge in [-0.1, -0.05) is 17.7 Å². The van der Waals surface area contributed by atoms with E-state index >= 15 is 0 Å². The van der Waals surface area contributed by atoms with Crippen molar-refractivity contribution in [2.75, 3.05) is 18.5 Å². The van der Waals surface area contributed by atoms with Crippen LogP contribution in [0, 0.1) is 13.8 Å². The first-order valence-electron chi connectivity index (χ1n) is 7.86. The Morgan fingerprint density at radius 3 is 2.40 bits per heavy atom. The Kier molecular flexibility index (Phi) is 6.42. The van der Waals surface area contributed by atoms with Crippen LogP contribution in [-0.4, -0.2) is 25.1 Å². The van der Waals surface area contributed by atoms with Gasteiger partial charge in [-0.2, -0.15) is 0 Å². The van der Waals surface area contributed by atoms with Crippen molar-refractivity contribution in [3.63, 3.8) is 0 Å². The number of benzene rings is 2. The molecule has 0 saturated carbocycles. The average Bonchev–Trinajstić information content (AvgIpc) is 2.54. The molecule has 2 aromatic carbocycles. The number of amides is 1. The second kappa shape index (κ2) is 8.53. The predicted octanol–water partition coefficient (Wildman–Crippen LogP) is 4.15. The molecule has 0 bridgehead atoms. The van der Waals surface area contributed by atoms with Crippen LogP contribution in [0.25, 0.3) is 0 Å². The second-order valence-corrected chi connectivity index (χ2v) is 5.98. The first-order chi connectivity index (χ1) is 11.9. The first-order valence-corrected chi connectivity index (χ1v) is 8.24. The fraction of sp³-hybridized carbons (Fsp3) is 0.263. The molecule has 2 aromatic rings. The third-order valence-electron chi connectivity index (χ3n) is 3.31. The van der Waals surface area contributed by atoms with E-state index < -0.39 is 5.97 Å².